The largest absolute Gasteiger partial charge is 0.435 e. The summed E-state index contributed by atoms with van der Waals surface area (Å²) >= 11 is 0. The van der Waals surface area contributed by atoms with E-state index in [1.54, 1.807) is 0 Å². The molecule has 1 fully saturated rings. The molecule has 0 amide bonds. The first-order valence-corrected chi connectivity index (χ1v) is 9.03. The summed E-state index contributed by atoms with van der Waals surface area (Å²) in [4.78, 5) is 7.16. The number of fused-ring (bicyclic) bond motifs is 3. The van der Waals surface area contributed by atoms with Crippen molar-refractivity contribution in [2.45, 2.75) is 46.3 Å². The number of benzene rings is 1. The third-order valence-electron chi connectivity index (χ3n) is 5.89. The van der Waals surface area contributed by atoms with Gasteiger partial charge in [-0.1, -0.05) is 12.1 Å². The van der Waals surface area contributed by atoms with Crippen LogP contribution in [0.4, 0.5) is 5.69 Å². The van der Waals surface area contributed by atoms with E-state index in [0.29, 0.717) is 6.17 Å². The Bertz CT molecular complexity index is 984. The van der Waals surface area contributed by atoms with Gasteiger partial charge in [0.1, 0.15) is 6.54 Å². The molecule has 3 heterocycles. The Morgan fingerprint density at radius 1 is 1.12 bits per heavy atom. The maximum Gasteiger partial charge on any atom is 0.227 e. The van der Waals surface area contributed by atoms with Gasteiger partial charge in [0, 0.05) is 23.4 Å². The van der Waals surface area contributed by atoms with E-state index in [4.69, 9.17) is 4.42 Å². The van der Waals surface area contributed by atoms with Crippen molar-refractivity contribution in [2.75, 3.05) is 25.5 Å². The molecule has 0 spiro atoms. The normalized spacial score (nSPS) is 22.2. The molecule has 1 aromatic carbocycles. The fraction of sp³-hybridized carbons (Fsp3) is 0.476. The zero-order chi connectivity index (χ0) is 18.1. The molecule has 4 nitrogen and oxygen atoms in total. The topological polar surface area (TPSA) is 29.3 Å². The maximum absolute atomic E-state index is 6.31. The fourth-order valence-electron chi connectivity index (χ4n) is 4.71. The van der Waals surface area contributed by atoms with Crippen molar-refractivity contribution in [1.29, 1.82) is 0 Å². The van der Waals surface area contributed by atoms with Crippen molar-refractivity contribution in [2.24, 2.45) is 0 Å². The number of furan rings is 1. The average Bonchev–Trinajstić information content (AvgIpc) is 2.92. The molecule has 4 rings (SSSR count). The molecule has 0 radical (unpaired) electrons. The summed E-state index contributed by atoms with van der Waals surface area (Å²) in [6.45, 7) is 12.3. The molecule has 25 heavy (non-hydrogen) atoms. The predicted molar refractivity (Wildman–Crippen MR) is 104 cm³/mol. The molecule has 0 aliphatic carbocycles. The molecule has 1 unspecified atom stereocenters. The van der Waals surface area contributed by atoms with Gasteiger partial charge in [0.25, 0.3) is 0 Å². The molecule has 0 bridgehead atoms. The Balaban J connectivity index is 2.04. The molecule has 132 valence electrons. The molecule has 2 aromatic heterocycles. The maximum atomic E-state index is 6.31. The van der Waals surface area contributed by atoms with Gasteiger partial charge >= 0.3 is 0 Å². The number of nitrogens with zero attached hydrogens (tertiary/aromatic N) is 3. The highest BCUT2D eigenvalue weighted by Gasteiger charge is 2.51. The summed E-state index contributed by atoms with van der Waals surface area (Å²) in [7, 11) is 4.62. The smallest absolute Gasteiger partial charge is 0.227 e. The fourth-order valence-corrected chi connectivity index (χ4v) is 4.71. The van der Waals surface area contributed by atoms with E-state index in [9.17, 15) is 0 Å². The number of aryl methyl sites for hydroxylation is 2. The van der Waals surface area contributed by atoms with Crippen LogP contribution < -0.4 is 4.90 Å². The minimum atomic E-state index is 0.0598. The molecule has 0 N–H and O–H groups in total. The monoisotopic (exact) mass is 338 g/mol. The Morgan fingerprint density at radius 2 is 1.80 bits per heavy atom. The van der Waals surface area contributed by atoms with Crippen molar-refractivity contribution in [3.8, 4) is 0 Å². The van der Waals surface area contributed by atoms with Crippen LogP contribution in [0.15, 0.2) is 28.7 Å². The zero-order valence-electron chi connectivity index (χ0n) is 16.3. The number of anilines is 1. The van der Waals surface area contributed by atoms with Crippen LogP contribution in [-0.4, -0.2) is 41.8 Å². The lowest BCUT2D eigenvalue weighted by atomic mass is 10.0. The van der Waals surface area contributed by atoms with E-state index in [2.05, 4.69) is 75.9 Å². The van der Waals surface area contributed by atoms with Crippen LogP contribution >= 0.6 is 0 Å². The summed E-state index contributed by atoms with van der Waals surface area (Å²) in [6.07, 6.45) is 0.377. The Morgan fingerprint density at radius 3 is 2.44 bits per heavy atom. The minimum Gasteiger partial charge on any atom is -0.435 e. The second-order valence-corrected chi connectivity index (χ2v) is 8.77. The first kappa shape index (κ1) is 16.4. The van der Waals surface area contributed by atoms with Gasteiger partial charge in [0.05, 0.1) is 25.3 Å². The number of hydrogen-bond acceptors (Lipinski definition) is 3. The lowest BCUT2D eigenvalue weighted by molar-refractivity contribution is -0.900. The van der Waals surface area contributed by atoms with E-state index in [-0.39, 0.29) is 5.54 Å². The molecule has 1 aliphatic rings. The van der Waals surface area contributed by atoms with Crippen LogP contribution in [0.3, 0.4) is 0 Å². The Labute approximate surface area is 149 Å². The van der Waals surface area contributed by atoms with Crippen LogP contribution in [0.1, 0.15) is 32.0 Å². The quantitative estimate of drug-likeness (QED) is 0.606. The first-order chi connectivity index (χ1) is 11.6. The van der Waals surface area contributed by atoms with E-state index in [1.165, 1.54) is 11.3 Å². The number of aromatic nitrogens is 1. The SMILES string of the molecule is Cc1ccc2c(n1)oc1c(N3C(C)[N+](C)(C)CC3(C)C)c(C)ccc12. The summed E-state index contributed by atoms with van der Waals surface area (Å²) in [5.74, 6) is 0. The number of hydrogen-bond donors (Lipinski definition) is 0. The van der Waals surface area contributed by atoms with Gasteiger partial charge in [0.15, 0.2) is 11.7 Å². The van der Waals surface area contributed by atoms with Crippen LogP contribution in [0.5, 0.6) is 0 Å². The third kappa shape index (κ3) is 2.27. The molecule has 3 aromatic rings. The highest BCUT2D eigenvalue weighted by Crippen LogP contribution is 2.44. The van der Waals surface area contributed by atoms with Crippen molar-refractivity contribution >= 4 is 27.8 Å². The molecule has 1 aliphatic heterocycles. The van der Waals surface area contributed by atoms with Gasteiger partial charge in [-0.2, -0.15) is 0 Å². The van der Waals surface area contributed by atoms with Gasteiger partial charge in [0.2, 0.25) is 5.71 Å². The third-order valence-corrected chi connectivity index (χ3v) is 5.89. The average molecular weight is 338 g/mol. The van der Waals surface area contributed by atoms with Crippen molar-refractivity contribution in [3.63, 3.8) is 0 Å². The highest BCUT2D eigenvalue weighted by molar-refractivity contribution is 6.08. The molecule has 0 saturated carbocycles. The van der Waals surface area contributed by atoms with Crippen LogP contribution in [-0.2, 0) is 0 Å². The standard InChI is InChI=1S/C21H28N3O/c1-13-8-10-16-17-11-9-14(2)22-20(17)25-19(16)18(13)23-15(3)24(6,7)12-21(23,4)5/h8-11,15H,12H2,1-7H3/q+1. The Hall–Kier alpha value is -2.07. The van der Waals surface area contributed by atoms with Gasteiger partial charge < -0.3 is 13.8 Å². The summed E-state index contributed by atoms with van der Waals surface area (Å²) in [5, 5.41) is 2.25. The molecular weight excluding hydrogens is 310 g/mol. The number of quaternary nitrogens is 1. The van der Waals surface area contributed by atoms with Crippen molar-refractivity contribution in [3.05, 3.63) is 35.5 Å². The van der Waals surface area contributed by atoms with E-state index in [0.717, 1.165) is 38.8 Å². The van der Waals surface area contributed by atoms with Gasteiger partial charge in [-0.3, -0.25) is 0 Å². The minimum absolute atomic E-state index is 0.0598. The van der Waals surface area contributed by atoms with Crippen molar-refractivity contribution in [1.82, 2.24) is 4.98 Å². The van der Waals surface area contributed by atoms with E-state index < -0.39 is 0 Å². The van der Waals surface area contributed by atoms with E-state index >= 15 is 0 Å². The predicted octanol–water partition coefficient (Wildman–Crippen LogP) is 4.62. The lowest BCUT2D eigenvalue weighted by Crippen LogP contribution is -2.48. The summed E-state index contributed by atoms with van der Waals surface area (Å²) in [6, 6.07) is 8.57. The second kappa shape index (κ2) is 4.98. The van der Waals surface area contributed by atoms with Crippen LogP contribution in [0.2, 0.25) is 0 Å². The molecule has 4 heteroatoms. The second-order valence-electron chi connectivity index (χ2n) is 8.77. The number of likely N-dealkylation sites (N-methyl/N-ethyl adjacent to an activating group) is 1. The first-order valence-electron chi connectivity index (χ1n) is 9.03. The van der Waals surface area contributed by atoms with Crippen LogP contribution in [0, 0.1) is 13.8 Å². The molecule has 1 saturated heterocycles. The van der Waals surface area contributed by atoms with Crippen molar-refractivity contribution < 1.29 is 8.90 Å². The summed E-state index contributed by atoms with van der Waals surface area (Å²) < 4.78 is 7.28. The molecular formula is C21H28N3O+. The van der Waals surface area contributed by atoms with Crippen LogP contribution in [0.25, 0.3) is 22.1 Å². The number of rotatable bonds is 1. The Kier molecular flexibility index (Phi) is 3.27. The zero-order valence-corrected chi connectivity index (χ0v) is 16.3. The number of pyridine rings is 1. The van der Waals surface area contributed by atoms with Gasteiger partial charge in [-0.25, -0.2) is 4.98 Å². The highest BCUT2D eigenvalue weighted by atomic mass is 16.3. The molecule has 1 atom stereocenters. The van der Waals surface area contributed by atoms with Gasteiger partial charge in [-0.05, 0) is 45.4 Å². The summed E-state index contributed by atoms with van der Waals surface area (Å²) in [5.41, 5.74) is 5.22. The van der Waals surface area contributed by atoms with E-state index in [1.807, 2.05) is 6.92 Å². The lowest BCUT2D eigenvalue weighted by Gasteiger charge is -2.35. The van der Waals surface area contributed by atoms with Gasteiger partial charge in [-0.15, -0.1) is 0 Å².